The minimum atomic E-state index is 0.688. The Morgan fingerprint density at radius 1 is 1.41 bits per heavy atom. The zero-order chi connectivity index (χ0) is 11.8. The molecule has 0 amide bonds. The Kier molecular flexibility index (Phi) is 2.92. The number of aromatic nitrogens is 2. The van der Waals surface area contributed by atoms with Crippen LogP contribution in [0.5, 0.6) is 0 Å². The summed E-state index contributed by atoms with van der Waals surface area (Å²) in [5.74, 6) is 0. The van der Waals surface area contributed by atoms with E-state index in [1.807, 2.05) is 11.7 Å². The van der Waals surface area contributed by atoms with Crippen LogP contribution in [0.1, 0.15) is 30.7 Å². The van der Waals surface area contributed by atoms with Crippen LogP contribution < -0.4 is 5.32 Å². The van der Waals surface area contributed by atoms with E-state index in [0.717, 1.165) is 18.3 Å². The van der Waals surface area contributed by atoms with Crippen molar-refractivity contribution < 1.29 is 0 Å². The van der Waals surface area contributed by atoms with Gasteiger partial charge in [-0.1, -0.05) is 0 Å². The van der Waals surface area contributed by atoms with Crippen molar-refractivity contribution in [2.45, 2.75) is 44.8 Å². The summed E-state index contributed by atoms with van der Waals surface area (Å²) < 4.78 is 1.99. The minimum absolute atomic E-state index is 0.688. The first-order valence-electron chi connectivity index (χ1n) is 6.71. The maximum absolute atomic E-state index is 4.39. The molecule has 2 aliphatic rings. The quantitative estimate of drug-likeness (QED) is 0.849. The second kappa shape index (κ2) is 4.42. The third-order valence-electron chi connectivity index (χ3n) is 4.25. The molecule has 0 aromatic carbocycles. The van der Waals surface area contributed by atoms with Crippen LogP contribution in [0.2, 0.25) is 0 Å². The van der Waals surface area contributed by atoms with Gasteiger partial charge in [0.05, 0.1) is 11.4 Å². The molecule has 0 spiro atoms. The first-order valence-corrected chi connectivity index (χ1v) is 6.71. The summed E-state index contributed by atoms with van der Waals surface area (Å²) in [4.78, 5) is 2.64. The maximum atomic E-state index is 4.39. The summed E-state index contributed by atoms with van der Waals surface area (Å²) in [5.41, 5.74) is 2.40. The van der Waals surface area contributed by atoms with E-state index in [1.54, 1.807) is 0 Å². The van der Waals surface area contributed by atoms with E-state index in [9.17, 15) is 0 Å². The van der Waals surface area contributed by atoms with Crippen LogP contribution in [0.15, 0.2) is 6.07 Å². The molecule has 1 aromatic heterocycles. The number of hydrogen-bond donors (Lipinski definition) is 1. The van der Waals surface area contributed by atoms with E-state index >= 15 is 0 Å². The van der Waals surface area contributed by atoms with Crippen molar-refractivity contribution in [1.82, 2.24) is 20.0 Å². The summed E-state index contributed by atoms with van der Waals surface area (Å²) in [6, 6.07) is 3.66. The third kappa shape index (κ3) is 2.11. The topological polar surface area (TPSA) is 33.1 Å². The van der Waals surface area contributed by atoms with Crippen LogP contribution in [0.3, 0.4) is 0 Å². The molecular weight excluding hydrogens is 212 g/mol. The van der Waals surface area contributed by atoms with Gasteiger partial charge in [-0.3, -0.25) is 9.58 Å². The average Bonchev–Trinajstić information content (AvgIpc) is 2.92. The van der Waals surface area contributed by atoms with Crippen molar-refractivity contribution in [2.75, 3.05) is 13.1 Å². The number of aryl methyl sites for hydroxylation is 2. The largest absolute Gasteiger partial charge is 0.307 e. The van der Waals surface area contributed by atoms with Crippen LogP contribution in [-0.2, 0) is 13.6 Å². The molecule has 2 unspecified atom stereocenters. The standard InChI is InChI=1S/C13H22N4/c1-10-8-11(16(2)15-10)9-14-12-5-7-17-6-3-4-13(12)17/h8,12-14H,3-7,9H2,1-2H3. The lowest BCUT2D eigenvalue weighted by Gasteiger charge is -2.21. The second-order valence-corrected chi connectivity index (χ2v) is 5.42. The van der Waals surface area contributed by atoms with E-state index in [2.05, 4.69) is 28.3 Å². The predicted molar refractivity (Wildman–Crippen MR) is 67.8 cm³/mol. The third-order valence-corrected chi connectivity index (χ3v) is 4.25. The van der Waals surface area contributed by atoms with Crippen molar-refractivity contribution in [3.8, 4) is 0 Å². The Bertz CT molecular complexity index is 398. The smallest absolute Gasteiger partial charge is 0.0597 e. The molecule has 17 heavy (non-hydrogen) atoms. The molecule has 0 saturated carbocycles. The normalized spacial score (nSPS) is 28.8. The zero-order valence-electron chi connectivity index (χ0n) is 10.8. The molecule has 2 fully saturated rings. The molecular formula is C13H22N4. The van der Waals surface area contributed by atoms with Gasteiger partial charge in [0.25, 0.3) is 0 Å². The summed E-state index contributed by atoms with van der Waals surface area (Å²) in [6.07, 6.45) is 4.07. The van der Waals surface area contributed by atoms with Gasteiger partial charge >= 0.3 is 0 Å². The molecule has 2 aliphatic heterocycles. The van der Waals surface area contributed by atoms with Gasteiger partial charge in [0, 0.05) is 32.2 Å². The highest BCUT2D eigenvalue weighted by Gasteiger charge is 2.36. The Balaban J connectivity index is 1.59. The van der Waals surface area contributed by atoms with Crippen molar-refractivity contribution >= 4 is 0 Å². The maximum Gasteiger partial charge on any atom is 0.0597 e. The van der Waals surface area contributed by atoms with Crippen LogP contribution in [-0.4, -0.2) is 39.9 Å². The highest BCUT2D eigenvalue weighted by molar-refractivity contribution is 5.09. The molecule has 4 heteroatoms. The Morgan fingerprint density at radius 3 is 3.06 bits per heavy atom. The van der Waals surface area contributed by atoms with Gasteiger partial charge in [-0.15, -0.1) is 0 Å². The Morgan fingerprint density at radius 2 is 2.29 bits per heavy atom. The summed E-state index contributed by atoms with van der Waals surface area (Å²) in [6.45, 7) is 5.60. The van der Waals surface area contributed by atoms with E-state index < -0.39 is 0 Å². The monoisotopic (exact) mass is 234 g/mol. The Labute approximate surface area is 103 Å². The highest BCUT2D eigenvalue weighted by atomic mass is 15.3. The SMILES string of the molecule is Cc1cc(CNC2CCN3CCCC23)n(C)n1. The van der Waals surface area contributed by atoms with Gasteiger partial charge in [0.2, 0.25) is 0 Å². The van der Waals surface area contributed by atoms with Gasteiger partial charge in [-0.2, -0.15) is 5.10 Å². The molecule has 2 saturated heterocycles. The lowest BCUT2D eigenvalue weighted by atomic mass is 10.1. The van der Waals surface area contributed by atoms with Crippen LogP contribution >= 0.6 is 0 Å². The molecule has 94 valence electrons. The number of nitrogens with one attached hydrogen (secondary N) is 1. The molecule has 3 heterocycles. The number of fused-ring (bicyclic) bond motifs is 1. The number of hydrogen-bond acceptors (Lipinski definition) is 3. The Hall–Kier alpha value is -0.870. The molecule has 0 aliphatic carbocycles. The molecule has 2 atom stereocenters. The molecule has 4 nitrogen and oxygen atoms in total. The van der Waals surface area contributed by atoms with Crippen LogP contribution in [0, 0.1) is 6.92 Å². The van der Waals surface area contributed by atoms with E-state index in [-0.39, 0.29) is 0 Å². The van der Waals surface area contributed by atoms with Crippen LogP contribution in [0.4, 0.5) is 0 Å². The van der Waals surface area contributed by atoms with E-state index in [0.29, 0.717) is 6.04 Å². The average molecular weight is 234 g/mol. The van der Waals surface area contributed by atoms with Gasteiger partial charge in [0.1, 0.15) is 0 Å². The van der Waals surface area contributed by atoms with Crippen LogP contribution in [0.25, 0.3) is 0 Å². The van der Waals surface area contributed by atoms with Gasteiger partial charge < -0.3 is 5.32 Å². The number of nitrogens with zero attached hydrogens (tertiary/aromatic N) is 3. The zero-order valence-corrected chi connectivity index (χ0v) is 10.8. The summed E-state index contributed by atoms with van der Waals surface area (Å²) in [7, 11) is 2.03. The lowest BCUT2D eigenvalue weighted by Crippen LogP contribution is -2.39. The van der Waals surface area contributed by atoms with E-state index in [4.69, 9.17) is 0 Å². The van der Waals surface area contributed by atoms with E-state index in [1.165, 1.54) is 38.0 Å². The first-order chi connectivity index (χ1) is 8.24. The van der Waals surface area contributed by atoms with Crippen molar-refractivity contribution in [3.05, 3.63) is 17.5 Å². The first kappa shape index (κ1) is 11.2. The van der Waals surface area contributed by atoms with Gasteiger partial charge in [-0.05, 0) is 38.8 Å². The fourth-order valence-electron chi connectivity index (χ4n) is 3.39. The molecule has 3 rings (SSSR count). The minimum Gasteiger partial charge on any atom is -0.307 e. The summed E-state index contributed by atoms with van der Waals surface area (Å²) in [5, 5.41) is 8.11. The second-order valence-electron chi connectivity index (χ2n) is 5.42. The number of rotatable bonds is 3. The highest BCUT2D eigenvalue weighted by Crippen LogP contribution is 2.28. The molecule has 1 aromatic rings. The lowest BCUT2D eigenvalue weighted by molar-refractivity contribution is 0.298. The predicted octanol–water partition coefficient (Wildman–Crippen LogP) is 1.05. The fourth-order valence-corrected chi connectivity index (χ4v) is 3.39. The molecule has 1 N–H and O–H groups in total. The fraction of sp³-hybridized carbons (Fsp3) is 0.769. The summed E-state index contributed by atoms with van der Waals surface area (Å²) >= 11 is 0. The van der Waals surface area contributed by atoms with Crippen molar-refractivity contribution in [1.29, 1.82) is 0 Å². The molecule has 0 radical (unpaired) electrons. The van der Waals surface area contributed by atoms with Crippen molar-refractivity contribution in [2.24, 2.45) is 7.05 Å². The van der Waals surface area contributed by atoms with Gasteiger partial charge in [0.15, 0.2) is 0 Å². The molecule has 0 bridgehead atoms. The van der Waals surface area contributed by atoms with Crippen molar-refractivity contribution in [3.63, 3.8) is 0 Å². The van der Waals surface area contributed by atoms with Gasteiger partial charge in [-0.25, -0.2) is 0 Å².